The van der Waals surface area contributed by atoms with Crippen LogP contribution in [-0.4, -0.2) is 40.2 Å². The molecule has 2 aromatic carbocycles. The van der Waals surface area contributed by atoms with Crippen LogP contribution in [0.3, 0.4) is 0 Å². The lowest BCUT2D eigenvalue weighted by molar-refractivity contribution is -0.137. The molecule has 0 unspecified atom stereocenters. The van der Waals surface area contributed by atoms with Gasteiger partial charge in [-0.2, -0.15) is 13.2 Å². The summed E-state index contributed by atoms with van der Waals surface area (Å²) in [5, 5.41) is 1.78. The zero-order chi connectivity index (χ0) is 22.7. The fraction of sp³-hybridized carbons (Fsp3) is 0.222. The highest BCUT2D eigenvalue weighted by molar-refractivity contribution is 7.92. The van der Waals surface area contributed by atoms with Crippen molar-refractivity contribution in [2.24, 2.45) is 0 Å². The number of sulfonamides is 1. The number of hydrogen-bond acceptors (Lipinski definition) is 5. The summed E-state index contributed by atoms with van der Waals surface area (Å²) in [4.78, 5) is 23.9. The first-order valence-electron chi connectivity index (χ1n) is 8.15. The number of carbonyl (C=O) groups excluding carboxylic acids is 2. The average molecular weight is 465 g/mol. The summed E-state index contributed by atoms with van der Waals surface area (Å²) in [6, 6.07) is 8.16. The van der Waals surface area contributed by atoms with Gasteiger partial charge in [0.15, 0.2) is 0 Å². The van der Waals surface area contributed by atoms with Crippen molar-refractivity contribution in [3.05, 3.63) is 58.6 Å². The van der Waals surface area contributed by atoms with Gasteiger partial charge in [0.1, 0.15) is 6.54 Å². The molecule has 0 aliphatic carbocycles. The third-order valence-electron chi connectivity index (χ3n) is 3.80. The van der Waals surface area contributed by atoms with E-state index in [1.807, 2.05) is 0 Å². The maximum absolute atomic E-state index is 13.1. The minimum absolute atomic E-state index is 0.141. The van der Waals surface area contributed by atoms with E-state index in [-0.39, 0.29) is 16.9 Å². The number of amides is 1. The van der Waals surface area contributed by atoms with Gasteiger partial charge < -0.3 is 10.1 Å². The molecule has 2 rings (SSSR count). The summed E-state index contributed by atoms with van der Waals surface area (Å²) in [5.41, 5.74) is -1.31. The van der Waals surface area contributed by atoms with E-state index >= 15 is 0 Å². The number of hydrogen-bond donors (Lipinski definition) is 1. The summed E-state index contributed by atoms with van der Waals surface area (Å²) in [5.74, 6) is -1.49. The predicted molar refractivity (Wildman–Crippen MR) is 105 cm³/mol. The Balaban J connectivity index is 2.31. The van der Waals surface area contributed by atoms with Crippen LogP contribution in [0.1, 0.15) is 15.9 Å². The molecule has 0 saturated heterocycles. The molecule has 162 valence electrons. The standard InChI is InChI=1S/C18H16ClF3N2O5S/c1-29-17(26)11-4-3-5-12(8-11)23-16(25)10-24(30(2,27)28)13-6-7-15(19)14(9-13)18(20,21)22/h3-9H,10H2,1-2H3,(H,23,25). The van der Waals surface area contributed by atoms with Crippen molar-refractivity contribution in [3.8, 4) is 0 Å². The van der Waals surface area contributed by atoms with Crippen LogP contribution in [0.15, 0.2) is 42.5 Å². The molecule has 0 atom stereocenters. The number of alkyl halides is 3. The van der Waals surface area contributed by atoms with Crippen LogP contribution in [0.5, 0.6) is 0 Å². The molecule has 12 heteroatoms. The Morgan fingerprint density at radius 3 is 2.40 bits per heavy atom. The Bertz CT molecular complexity index is 1070. The van der Waals surface area contributed by atoms with Gasteiger partial charge in [-0.3, -0.25) is 9.10 Å². The Morgan fingerprint density at radius 2 is 1.83 bits per heavy atom. The third-order valence-corrected chi connectivity index (χ3v) is 5.27. The lowest BCUT2D eigenvalue weighted by atomic mass is 10.2. The van der Waals surface area contributed by atoms with E-state index in [9.17, 15) is 31.2 Å². The van der Waals surface area contributed by atoms with Gasteiger partial charge in [-0.05, 0) is 36.4 Å². The topological polar surface area (TPSA) is 92.8 Å². The molecule has 0 bridgehead atoms. The molecule has 2 aromatic rings. The van der Waals surface area contributed by atoms with Gasteiger partial charge in [-0.15, -0.1) is 0 Å². The summed E-state index contributed by atoms with van der Waals surface area (Å²) in [7, 11) is -2.94. The summed E-state index contributed by atoms with van der Waals surface area (Å²) in [6.07, 6.45) is -4.06. The maximum Gasteiger partial charge on any atom is 0.417 e. The van der Waals surface area contributed by atoms with E-state index in [0.29, 0.717) is 10.4 Å². The van der Waals surface area contributed by atoms with E-state index in [1.54, 1.807) is 0 Å². The lowest BCUT2D eigenvalue weighted by Crippen LogP contribution is -2.37. The molecule has 0 saturated carbocycles. The zero-order valence-electron chi connectivity index (χ0n) is 15.7. The minimum atomic E-state index is -4.81. The van der Waals surface area contributed by atoms with Crippen LogP contribution >= 0.6 is 11.6 Å². The Morgan fingerprint density at radius 1 is 1.17 bits per heavy atom. The normalized spacial score (nSPS) is 11.7. The van der Waals surface area contributed by atoms with Crippen molar-refractivity contribution < 1.29 is 35.9 Å². The highest BCUT2D eigenvalue weighted by Gasteiger charge is 2.34. The van der Waals surface area contributed by atoms with Gasteiger partial charge in [0.05, 0.1) is 35.2 Å². The molecule has 0 aliphatic rings. The van der Waals surface area contributed by atoms with Gasteiger partial charge in [0, 0.05) is 5.69 Å². The van der Waals surface area contributed by atoms with E-state index in [0.717, 1.165) is 18.4 Å². The van der Waals surface area contributed by atoms with Crippen LogP contribution in [-0.2, 0) is 25.7 Å². The molecule has 0 spiro atoms. The molecule has 30 heavy (non-hydrogen) atoms. The second-order valence-electron chi connectivity index (χ2n) is 6.05. The Kier molecular flexibility index (Phi) is 6.99. The van der Waals surface area contributed by atoms with Crippen LogP contribution in [0, 0.1) is 0 Å². The highest BCUT2D eigenvalue weighted by atomic mass is 35.5. The fourth-order valence-corrected chi connectivity index (χ4v) is 3.53. The van der Waals surface area contributed by atoms with E-state index in [1.165, 1.54) is 31.4 Å². The smallest absolute Gasteiger partial charge is 0.417 e. The minimum Gasteiger partial charge on any atom is -0.465 e. The number of esters is 1. The molecule has 0 radical (unpaired) electrons. The average Bonchev–Trinajstić information content (AvgIpc) is 2.64. The molecular formula is C18H16ClF3N2O5S. The van der Waals surface area contributed by atoms with Crippen LogP contribution in [0.25, 0.3) is 0 Å². The van der Waals surface area contributed by atoms with Crippen molar-refractivity contribution in [2.45, 2.75) is 6.18 Å². The third kappa shape index (κ3) is 5.86. The number of benzene rings is 2. The first kappa shape index (κ1) is 23.5. The van der Waals surface area contributed by atoms with Crippen LogP contribution < -0.4 is 9.62 Å². The predicted octanol–water partition coefficient (Wildman–Crippen LogP) is 3.55. The van der Waals surface area contributed by atoms with Crippen molar-refractivity contribution in [3.63, 3.8) is 0 Å². The van der Waals surface area contributed by atoms with Crippen molar-refractivity contribution in [1.82, 2.24) is 0 Å². The van der Waals surface area contributed by atoms with Gasteiger partial charge in [-0.1, -0.05) is 17.7 Å². The monoisotopic (exact) mass is 464 g/mol. The molecule has 0 aromatic heterocycles. The molecule has 0 aliphatic heterocycles. The number of rotatable bonds is 6. The number of methoxy groups -OCH3 is 1. The maximum atomic E-state index is 13.1. The van der Waals surface area contributed by atoms with Gasteiger partial charge in [-0.25, -0.2) is 13.2 Å². The Hall–Kier alpha value is -2.79. The number of nitrogens with one attached hydrogen (secondary N) is 1. The molecule has 7 nitrogen and oxygen atoms in total. The van der Waals surface area contributed by atoms with E-state index in [4.69, 9.17) is 11.6 Å². The van der Waals surface area contributed by atoms with Gasteiger partial charge in [0.2, 0.25) is 15.9 Å². The molecular weight excluding hydrogens is 449 g/mol. The number of ether oxygens (including phenoxy) is 1. The van der Waals surface area contributed by atoms with Crippen LogP contribution in [0.2, 0.25) is 5.02 Å². The van der Waals surface area contributed by atoms with Crippen LogP contribution in [0.4, 0.5) is 24.5 Å². The van der Waals surface area contributed by atoms with Gasteiger partial charge in [0.25, 0.3) is 0 Å². The Labute approximate surface area is 175 Å². The summed E-state index contributed by atoms with van der Waals surface area (Å²) < 4.78 is 68.6. The first-order valence-corrected chi connectivity index (χ1v) is 10.4. The number of carbonyl (C=O) groups is 2. The van der Waals surface area contributed by atoms with E-state index < -0.39 is 45.2 Å². The molecule has 1 amide bonds. The first-order chi connectivity index (χ1) is 13.8. The summed E-state index contributed by atoms with van der Waals surface area (Å²) >= 11 is 5.56. The number of halogens is 4. The molecule has 0 fully saturated rings. The molecule has 0 heterocycles. The SMILES string of the molecule is COC(=O)c1cccc(NC(=O)CN(c2ccc(Cl)c(C(F)(F)F)c2)S(C)(=O)=O)c1. The van der Waals surface area contributed by atoms with Crippen molar-refractivity contribution in [1.29, 1.82) is 0 Å². The number of anilines is 2. The zero-order valence-corrected chi connectivity index (χ0v) is 17.2. The highest BCUT2D eigenvalue weighted by Crippen LogP contribution is 2.37. The van der Waals surface area contributed by atoms with Crippen molar-refractivity contribution in [2.75, 3.05) is 29.5 Å². The number of nitrogens with zero attached hydrogens (tertiary/aromatic N) is 1. The van der Waals surface area contributed by atoms with E-state index in [2.05, 4.69) is 10.1 Å². The second-order valence-corrected chi connectivity index (χ2v) is 8.37. The lowest BCUT2D eigenvalue weighted by Gasteiger charge is -2.23. The largest absolute Gasteiger partial charge is 0.465 e. The quantitative estimate of drug-likeness (QED) is 0.660. The molecule has 1 N–H and O–H groups in total. The van der Waals surface area contributed by atoms with Crippen molar-refractivity contribution >= 4 is 44.9 Å². The van der Waals surface area contributed by atoms with Gasteiger partial charge >= 0.3 is 12.1 Å². The summed E-state index contributed by atoms with van der Waals surface area (Å²) in [6.45, 7) is -0.805. The second kappa shape index (κ2) is 8.92. The fourth-order valence-electron chi connectivity index (χ4n) is 2.46.